The first kappa shape index (κ1) is 17.8. The van der Waals surface area contributed by atoms with Crippen LogP contribution in [0.25, 0.3) is 0 Å². The number of nitrogens with one attached hydrogen (secondary N) is 1. The summed E-state index contributed by atoms with van der Waals surface area (Å²) in [6.45, 7) is 5.57. The van der Waals surface area contributed by atoms with E-state index in [1.165, 1.54) is 13.2 Å². The summed E-state index contributed by atoms with van der Waals surface area (Å²) < 4.78 is 28.4. The Morgan fingerprint density at radius 1 is 1.33 bits per heavy atom. The summed E-state index contributed by atoms with van der Waals surface area (Å²) >= 11 is 0. The van der Waals surface area contributed by atoms with Gasteiger partial charge in [0.05, 0.1) is 12.8 Å². The van der Waals surface area contributed by atoms with Crippen LogP contribution in [0.2, 0.25) is 0 Å². The minimum absolute atomic E-state index is 0.0508. The second kappa shape index (κ2) is 7.13. The second-order valence-corrected chi connectivity index (χ2v) is 7.32. The summed E-state index contributed by atoms with van der Waals surface area (Å²) in [6, 6.07) is 3.07. The van der Waals surface area contributed by atoms with E-state index in [4.69, 9.17) is 15.4 Å². The van der Waals surface area contributed by atoms with Crippen molar-refractivity contribution in [1.82, 2.24) is 0 Å². The molecule has 1 aromatic rings. The van der Waals surface area contributed by atoms with Crippen LogP contribution >= 0.6 is 10.7 Å². The Balaban J connectivity index is 3.30. The van der Waals surface area contributed by atoms with Crippen molar-refractivity contribution in [3.63, 3.8) is 0 Å². The third-order valence-electron chi connectivity index (χ3n) is 3.28. The Morgan fingerprint density at radius 2 is 1.90 bits per heavy atom. The third kappa shape index (κ3) is 4.35. The molecule has 0 atom stereocenters. The van der Waals surface area contributed by atoms with Gasteiger partial charge in [-0.2, -0.15) is 0 Å². The van der Waals surface area contributed by atoms with E-state index in [0.717, 1.165) is 0 Å². The number of anilines is 1. The standard InChI is InChI=1S/C14H20ClNO4S/c1-5-10(6-2)14(17)16-11-7-9(3)8-12(13(11)20-4)21(15,18)19/h7-8,10H,5-6H2,1-4H3,(H,16,17). The van der Waals surface area contributed by atoms with Crippen LogP contribution in [0.15, 0.2) is 17.0 Å². The number of hydrogen-bond donors (Lipinski definition) is 1. The molecular weight excluding hydrogens is 314 g/mol. The normalized spacial score (nSPS) is 11.5. The number of amides is 1. The Hall–Kier alpha value is -1.27. The highest BCUT2D eigenvalue weighted by molar-refractivity contribution is 8.13. The van der Waals surface area contributed by atoms with E-state index in [1.54, 1.807) is 13.0 Å². The molecule has 21 heavy (non-hydrogen) atoms. The van der Waals surface area contributed by atoms with Crippen LogP contribution in [-0.2, 0) is 13.8 Å². The van der Waals surface area contributed by atoms with E-state index in [-0.39, 0.29) is 22.5 Å². The van der Waals surface area contributed by atoms with Crippen molar-refractivity contribution in [3.8, 4) is 5.75 Å². The molecule has 118 valence electrons. The van der Waals surface area contributed by atoms with Gasteiger partial charge >= 0.3 is 0 Å². The fourth-order valence-corrected chi connectivity index (χ4v) is 3.20. The smallest absolute Gasteiger partial charge is 0.265 e. The molecule has 1 rings (SSSR count). The summed E-state index contributed by atoms with van der Waals surface area (Å²) in [5.74, 6) is -0.247. The quantitative estimate of drug-likeness (QED) is 0.811. The SMILES string of the molecule is CCC(CC)C(=O)Nc1cc(C)cc(S(=O)(=O)Cl)c1OC. The summed E-state index contributed by atoms with van der Waals surface area (Å²) in [4.78, 5) is 12.0. The molecule has 0 radical (unpaired) electrons. The Kier molecular flexibility index (Phi) is 6.04. The van der Waals surface area contributed by atoms with Gasteiger partial charge in [0.15, 0.2) is 5.75 Å². The molecule has 1 N–H and O–H groups in total. The Morgan fingerprint density at radius 3 is 2.33 bits per heavy atom. The van der Waals surface area contributed by atoms with Gasteiger partial charge in [0, 0.05) is 16.6 Å². The molecule has 0 aliphatic carbocycles. The maximum atomic E-state index is 12.2. The van der Waals surface area contributed by atoms with Crippen molar-refractivity contribution in [2.75, 3.05) is 12.4 Å². The molecule has 0 aromatic heterocycles. The molecule has 0 saturated heterocycles. The van der Waals surface area contributed by atoms with Gasteiger partial charge in [-0.1, -0.05) is 13.8 Å². The predicted molar refractivity (Wildman–Crippen MR) is 83.5 cm³/mol. The summed E-state index contributed by atoms with van der Waals surface area (Å²) in [5, 5.41) is 2.73. The zero-order valence-electron chi connectivity index (χ0n) is 12.6. The van der Waals surface area contributed by atoms with E-state index >= 15 is 0 Å². The van der Waals surface area contributed by atoms with Gasteiger partial charge in [0.2, 0.25) is 5.91 Å². The molecule has 0 saturated carbocycles. The molecule has 0 fully saturated rings. The molecule has 0 heterocycles. The van der Waals surface area contributed by atoms with Crippen LogP contribution in [0.1, 0.15) is 32.3 Å². The number of benzene rings is 1. The zero-order chi connectivity index (χ0) is 16.2. The van der Waals surface area contributed by atoms with E-state index in [9.17, 15) is 13.2 Å². The Labute approximate surface area is 130 Å². The molecule has 1 aromatic carbocycles. The minimum atomic E-state index is -3.96. The first-order valence-electron chi connectivity index (χ1n) is 6.68. The molecule has 0 unspecified atom stereocenters. The summed E-state index contributed by atoms with van der Waals surface area (Å²) in [7, 11) is 2.79. The van der Waals surface area contributed by atoms with E-state index in [2.05, 4.69) is 5.32 Å². The van der Waals surface area contributed by atoms with Gasteiger partial charge in [-0.05, 0) is 37.5 Å². The topological polar surface area (TPSA) is 72.5 Å². The highest BCUT2D eigenvalue weighted by atomic mass is 35.7. The molecule has 1 amide bonds. The van der Waals surface area contributed by atoms with Crippen LogP contribution in [0.4, 0.5) is 5.69 Å². The van der Waals surface area contributed by atoms with Crippen molar-refractivity contribution in [3.05, 3.63) is 17.7 Å². The zero-order valence-corrected chi connectivity index (χ0v) is 14.1. The lowest BCUT2D eigenvalue weighted by Gasteiger charge is -2.17. The highest BCUT2D eigenvalue weighted by Gasteiger charge is 2.23. The number of methoxy groups -OCH3 is 1. The van der Waals surface area contributed by atoms with Crippen LogP contribution in [0, 0.1) is 12.8 Å². The fourth-order valence-electron chi connectivity index (χ4n) is 2.12. The number of halogens is 1. The molecule has 0 aliphatic heterocycles. The van der Waals surface area contributed by atoms with Crippen molar-refractivity contribution < 1.29 is 17.9 Å². The van der Waals surface area contributed by atoms with Crippen molar-refractivity contribution >= 4 is 31.3 Å². The van der Waals surface area contributed by atoms with E-state index in [0.29, 0.717) is 24.1 Å². The molecule has 5 nitrogen and oxygen atoms in total. The second-order valence-electron chi connectivity index (χ2n) is 4.78. The van der Waals surface area contributed by atoms with Crippen LogP contribution < -0.4 is 10.1 Å². The van der Waals surface area contributed by atoms with Crippen LogP contribution in [-0.4, -0.2) is 21.4 Å². The number of carbonyl (C=O) groups is 1. The average molecular weight is 334 g/mol. The maximum Gasteiger partial charge on any atom is 0.265 e. The number of carbonyl (C=O) groups excluding carboxylic acids is 1. The van der Waals surface area contributed by atoms with Gasteiger partial charge in [0.25, 0.3) is 9.05 Å². The molecule has 7 heteroatoms. The number of hydrogen-bond acceptors (Lipinski definition) is 4. The molecule has 0 aliphatic rings. The Bertz CT molecular complexity index is 624. The van der Waals surface area contributed by atoms with Crippen molar-refractivity contribution in [1.29, 1.82) is 0 Å². The lowest BCUT2D eigenvalue weighted by molar-refractivity contribution is -0.120. The van der Waals surface area contributed by atoms with Crippen molar-refractivity contribution in [2.24, 2.45) is 5.92 Å². The summed E-state index contributed by atoms with van der Waals surface area (Å²) in [6.07, 6.45) is 1.41. The molecule has 0 bridgehead atoms. The summed E-state index contributed by atoms with van der Waals surface area (Å²) in [5.41, 5.74) is 0.975. The molecule has 0 spiro atoms. The molecular formula is C14H20ClNO4S. The predicted octanol–water partition coefficient (Wildman–Crippen LogP) is 3.31. The van der Waals surface area contributed by atoms with Gasteiger partial charge < -0.3 is 10.1 Å². The number of aryl methyl sites for hydroxylation is 1. The first-order chi connectivity index (χ1) is 9.74. The van der Waals surface area contributed by atoms with Crippen LogP contribution in [0.5, 0.6) is 5.75 Å². The van der Waals surface area contributed by atoms with Gasteiger partial charge in [-0.3, -0.25) is 4.79 Å². The number of rotatable bonds is 6. The van der Waals surface area contributed by atoms with E-state index in [1.807, 2.05) is 13.8 Å². The fraction of sp³-hybridized carbons (Fsp3) is 0.500. The monoisotopic (exact) mass is 333 g/mol. The lowest BCUT2D eigenvalue weighted by Crippen LogP contribution is -2.22. The first-order valence-corrected chi connectivity index (χ1v) is 8.99. The van der Waals surface area contributed by atoms with Gasteiger partial charge in [0.1, 0.15) is 4.90 Å². The van der Waals surface area contributed by atoms with Gasteiger partial charge in [-0.15, -0.1) is 0 Å². The number of ether oxygens (including phenoxy) is 1. The maximum absolute atomic E-state index is 12.2. The van der Waals surface area contributed by atoms with E-state index < -0.39 is 9.05 Å². The lowest BCUT2D eigenvalue weighted by atomic mass is 10.0. The third-order valence-corrected chi connectivity index (χ3v) is 4.61. The van der Waals surface area contributed by atoms with Gasteiger partial charge in [-0.25, -0.2) is 8.42 Å². The average Bonchev–Trinajstić information content (AvgIpc) is 2.38. The highest BCUT2D eigenvalue weighted by Crippen LogP contribution is 2.36. The van der Waals surface area contributed by atoms with Crippen molar-refractivity contribution in [2.45, 2.75) is 38.5 Å². The van der Waals surface area contributed by atoms with Crippen LogP contribution in [0.3, 0.4) is 0 Å². The largest absolute Gasteiger partial charge is 0.493 e. The minimum Gasteiger partial charge on any atom is -0.493 e.